The maximum atomic E-state index is 15.1. The Morgan fingerprint density at radius 2 is 1.72 bits per heavy atom. The van der Waals surface area contributed by atoms with E-state index in [0.717, 1.165) is 36.6 Å². The molecule has 0 radical (unpaired) electrons. The van der Waals surface area contributed by atoms with Crippen molar-refractivity contribution < 1.29 is 33.9 Å². The Hall–Kier alpha value is -5.70. The first-order valence-electron chi connectivity index (χ1n) is 18.6. The van der Waals surface area contributed by atoms with Crippen LogP contribution >= 0.6 is 22.9 Å². The number of nitro benzene ring substituents is 1. The normalized spacial score (nSPS) is 25.5. The fourth-order valence-electron chi connectivity index (χ4n) is 9.73. The van der Waals surface area contributed by atoms with Crippen molar-refractivity contribution >= 4 is 73.8 Å². The third-order valence-electron chi connectivity index (χ3n) is 12.4. The summed E-state index contributed by atoms with van der Waals surface area (Å²) in [7, 11) is 1.70. The summed E-state index contributed by atoms with van der Waals surface area (Å²) in [5.74, 6) is -4.36. The Kier molecular flexibility index (Phi) is 8.72. The first kappa shape index (κ1) is 36.9. The molecular formula is C42H36ClN5O8S. The zero-order valence-corrected chi connectivity index (χ0v) is 32.6. The average molecular weight is 806 g/mol. The van der Waals surface area contributed by atoms with Gasteiger partial charge in [0, 0.05) is 40.9 Å². The minimum Gasteiger partial charge on any atom is -0.491 e. The van der Waals surface area contributed by atoms with Gasteiger partial charge in [-0.05, 0) is 91.6 Å². The minimum absolute atomic E-state index is 0.101. The molecule has 3 fully saturated rings. The molecule has 13 nitrogen and oxygen atoms in total. The van der Waals surface area contributed by atoms with Gasteiger partial charge < -0.3 is 9.84 Å². The van der Waals surface area contributed by atoms with Crippen molar-refractivity contribution in [3.8, 4) is 16.3 Å². The topological polar surface area (TPSA) is 165 Å². The van der Waals surface area contributed by atoms with E-state index in [2.05, 4.69) is 0 Å². The van der Waals surface area contributed by atoms with Crippen LogP contribution in [0.3, 0.4) is 0 Å². The Labute approximate surface area is 335 Å². The van der Waals surface area contributed by atoms with Gasteiger partial charge in [0.2, 0.25) is 23.6 Å². The largest absolute Gasteiger partial charge is 0.491 e. The van der Waals surface area contributed by atoms with Crippen molar-refractivity contribution in [2.45, 2.75) is 32.6 Å². The molecule has 15 heteroatoms. The van der Waals surface area contributed by atoms with Gasteiger partial charge in [0.1, 0.15) is 23.9 Å². The van der Waals surface area contributed by atoms with E-state index >= 15 is 4.79 Å². The molecule has 1 N–H and O–H groups in total. The second-order valence-corrected chi connectivity index (χ2v) is 16.8. The number of thiophene rings is 1. The number of carbonyl (C=O) groups is 4. The SMILES string of the molecule is Cc1c(-c2cc(N3C(=O)[C@@H]4C[C@@H]5C(=CC[C@@H]6C(=O)N(c7ccc([N+](=O)[O-])cc7)C(=O)[C@@H]65)[C@H](c5ccc(OCCO)cc5)[C@]4(C)C3=O)n(C)n2)sc2ccc(Cl)cc12. The van der Waals surface area contributed by atoms with E-state index in [1.54, 1.807) is 41.3 Å². The standard InChI is InChI=1S/C42H36ClN5O8S/c1-21-29-18-23(43)6-15-33(29)57-37(21)32-20-34(45(3)44-32)47-39(51)31-19-30-27(36(42(31,2)41(47)53)22-4-11-26(12-5-22)56-17-16-49)13-14-28-35(30)40(52)46(38(28)50)24-7-9-25(10-8-24)48(54)55/h4-13,15,18,20,28,30-31,35-36,49H,14,16-17,19H2,1-3H3/t28-,30+,31-,35-,36-,42+/m0/s1. The van der Waals surface area contributed by atoms with Crippen LogP contribution in [-0.2, 0) is 26.2 Å². The fourth-order valence-corrected chi connectivity index (χ4v) is 11.0. The molecule has 5 aromatic rings. The van der Waals surface area contributed by atoms with Gasteiger partial charge in [-0.3, -0.25) is 38.9 Å². The van der Waals surface area contributed by atoms with Crippen molar-refractivity contribution in [1.82, 2.24) is 9.78 Å². The highest BCUT2D eigenvalue weighted by atomic mass is 35.5. The van der Waals surface area contributed by atoms with Crippen LogP contribution < -0.4 is 14.5 Å². The number of anilines is 2. The lowest BCUT2D eigenvalue weighted by Crippen LogP contribution is -2.48. The van der Waals surface area contributed by atoms with Gasteiger partial charge in [-0.25, -0.2) is 4.90 Å². The van der Waals surface area contributed by atoms with E-state index < -0.39 is 57.6 Å². The molecule has 2 aliphatic carbocycles. The van der Waals surface area contributed by atoms with Crippen molar-refractivity contribution in [2.24, 2.45) is 36.1 Å². The number of non-ortho nitro benzene ring substituents is 1. The van der Waals surface area contributed by atoms with E-state index in [0.29, 0.717) is 22.3 Å². The average Bonchev–Trinajstić information content (AvgIpc) is 3.87. The number of aliphatic hydroxyl groups is 1. The number of ether oxygens (including phenoxy) is 1. The minimum atomic E-state index is -1.28. The lowest BCUT2D eigenvalue weighted by molar-refractivity contribution is -0.384. The molecular weight excluding hydrogens is 770 g/mol. The summed E-state index contributed by atoms with van der Waals surface area (Å²) < 4.78 is 8.22. The Balaban J connectivity index is 1.13. The highest BCUT2D eigenvalue weighted by molar-refractivity contribution is 7.22. The monoisotopic (exact) mass is 805 g/mol. The number of halogens is 1. The van der Waals surface area contributed by atoms with Crippen molar-refractivity contribution in [2.75, 3.05) is 23.0 Å². The van der Waals surface area contributed by atoms with Gasteiger partial charge in [-0.2, -0.15) is 5.10 Å². The summed E-state index contributed by atoms with van der Waals surface area (Å²) >= 11 is 7.87. The highest BCUT2D eigenvalue weighted by Crippen LogP contribution is 2.64. The number of aromatic nitrogens is 2. The molecule has 4 aliphatic rings. The number of hydrogen-bond donors (Lipinski definition) is 1. The van der Waals surface area contributed by atoms with Crippen molar-refractivity contribution in [1.29, 1.82) is 0 Å². The Morgan fingerprint density at radius 3 is 2.42 bits per heavy atom. The summed E-state index contributed by atoms with van der Waals surface area (Å²) in [4.78, 5) is 72.5. The number of nitrogens with zero attached hydrogens (tertiary/aromatic N) is 5. The van der Waals surface area contributed by atoms with Crippen LogP contribution in [0, 0.1) is 46.1 Å². The Bertz CT molecular complexity index is 2580. The van der Waals surface area contributed by atoms with Crippen LogP contribution in [0.15, 0.2) is 84.4 Å². The first-order valence-corrected chi connectivity index (χ1v) is 19.8. The van der Waals surface area contributed by atoms with Crippen LogP contribution in [0.2, 0.25) is 5.02 Å². The number of benzene rings is 3. The number of aliphatic hydroxyl groups excluding tert-OH is 1. The van der Waals surface area contributed by atoms with Crippen molar-refractivity contribution in [3.63, 3.8) is 0 Å². The molecule has 2 saturated heterocycles. The maximum Gasteiger partial charge on any atom is 0.269 e. The van der Waals surface area contributed by atoms with Crippen molar-refractivity contribution in [3.05, 3.63) is 111 Å². The number of rotatable bonds is 8. The van der Waals surface area contributed by atoms with Crippen LogP contribution in [-0.4, -0.2) is 56.7 Å². The van der Waals surface area contributed by atoms with E-state index in [1.807, 2.05) is 50.3 Å². The van der Waals surface area contributed by atoms with Crippen LogP contribution in [0.25, 0.3) is 20.7 Å². The van der Waals surface area contributed by atoms with Crippen LogP contribution in [0.4, 0.5) is 17.2 Å². The molecule has 290 valence electrons. The van der Waals surface area contributed by atoms with Gasteiger partial charge in [0.05, 0.1) is 45.3 Å². The van der Waals surface area contributed by atoms with Gasteiger partial charge in [0.15, 0.2) is 0 Å². The molecule has 9 rings (SSSR count). The smallest absolute Gasteiger partial charge is 0.269 e. The summed E-state index contributed by atoms with van der Waals surface area (Å²) in [6.07, 6.45) is 2.38. The van der Waals surface area contributed by atoms with E-state index in [-0.39, 0.29) is 43.3 Å². The van der Waals surface area contributed by atoms with Gasteiger partial charge in [-0.1, -0.05) is 35.4 Å². The fraction of sp³-hybridized carbons (Fsp3) is 0.310. The number of imide groups is 2. The first-order chi connectivity index (χ1) is 27.3. The van der Waals surface area contributed by atoms with E-state index in [1.165, 1.54) is 29.2 Å². The Morgan fingerprint density at radius 1 is 0.982 bits per heavy atom. The molecule has 0 bridgehead atoms. The number of fused-ring (bicyclic) bond motifs is 5. The zero-order chi connectivity index (χ0) is 40.1. The summed E-state index contributed by atoms with van der Waals surface area (Å²) in [5.41, 5.74) is 1.95. The van der Waals surface area contributed by atoms with Gasteiger partial charge in [-0.15, -0.1) is 11.3 Å². The van der Waals surface area contributed by atoms with E-state index in [9.17, 15) is 29.6 Å². The lowest BCUT2D eigenvalue weighted by Gasteiger charge is -2.49. The second kappa shape index (κ2) is 13.5. The van der Waals surface area contributed by atoms with E-state index in [4.69, 9.17) is 21.4 Å². The summed E-state index contributed by atoms with van der Waals surface area (Å²) in [6, 6.07) is 20.0. The predicted molar refractivity (Wildman–Crippen MR) is 213 cm³/mol. The molecule has 6 atom stereocenters. The molecule has 0 unspecified atom stereocenters. The number of hydrogen-bond acceptors (Lipinski definition) is 10. The molecule has 0 spiro atoms. The summed E-state index contributed by atoms with van der Waals surface area (Å²) in [5, 5.41) is 27.0. The van der Waals surface area contributed by atoms with Crippen LogP contribution in [0.5, 0.6) is 5.75 Å². The second-order valence-electron chi connectivity index (χ2n) is 15.3. The number of allylic oxidation sites excluding steroid dienone is 2. The number of aryl methyl sites for hydroxylation is 2. The van der Waals surface area contributed by atoms with Crippen LogP contribution in [0.1, 0.15) is 36.8 Å². The number of nitro groups is 1. The molecule has 2 aromatic heterocycles. The third kappa shape index (κ3) is 5.48. The quantitative estimate of drug-likeness (QED) is 0.0754. The number of carbonyl (C=O) groups excluding carboxylic acids is 4. The molecule has 1 saturated carbocycles. The molecule has 4 amide bonds. The molecule has 4 heterocycles. The molecule has 3 aromatic carbocycles. The third-order valence-corrected chi connectivity index (χ3v) is 13.9. The zero-order valence-electron chi connectivity index (χ0n) is 31.0. The van der Waals surface area contributed by atoms with Gasteiger partial charge in [0.25, 0.3) is 5.69 Å². The summed E-state index contributed by atoms with van der Waals surface area (Å²) in [6.45, 7) is 3.75. The molecule has 2 aliphatic heterocycles. The predicted octanol–water partition coefficient (Wildman–Crippen LogP) is 6.98. The van der Waals surface area contributed by atoms with Gasteiger partial charge >= 0.3 is 0 Å². The molecule has 57 heavy (non-hydrogen) atoms. The maximum absolute atomic E-state index is 15.1. The highest BCUT2D eigenvalue weighted by Gasteiger charge is 2.68. The number of amides is 4. The lowest BCUT2D eigenvalue weighted by atomic mass is 9.51.